The van der Waals surface area contributed by atoms with E-state index in [-0.39, 0.29) is 30.8 Å². The summed E-state index contributed by atoms with van der Waals surface area (Å²) in [6.07, 6.45) is 0.766. The van der Waals surface area contributed by atoms with Gasteiger partial charge in [0.15, 0.2) is 0 Å². The van der Waals surface area contributed by atoms with Gasteiger partial charge in [-0.2, -0.15) is 0 Å². The van der Waals surface area contributed by atoms with Gasteiger partial charge < -0.3 is 15.3 Å². The van der Waals surface area contributed by atoms with Crippen molar-refractivity contribution in [3.05, 3.63) is 28.2 Å². The second-order valence-corrected chi connectivity index (χ2v) is 6.06. The molecule has 2 N–H and O–H groups in total. The Hall–Kier alpha value is -1.40. The van der Waals surface area contributed by atoms with Crippen LogP contribution in [-0.4, -0.2) is 36.6 Å². The molecule has 1 unspecified atom stereocenters. The standard InChI is InChI=1S/C15H19BrN2O3/c1-10-7-12(3-4-13(10)16)18-9-11(8-14(18)20)15(21)17-5-2-6-19/h3-4,7,11,19H,2,5-6,8-9H2,1H3,(H,17,21). The molecule has 2 amide bonds. The molecule has 1 aromatic rings. The van der Waals surface area contributed by atoms with E-state index in [1.54, 1.807) is 4.90 Å². The topological polar surface area (TPSA) is 69.6 Å². The van der Waals surface area contributed by atoms with Crippen LogP contribution in [0, 0.1) is 12.8 Å². The number of hydrogen-bond acceptors (Lipinski definition) is 3. The van der Waals surface area contributed by atoms with Crippen molar-refractivity contribution in [2.45, 2.75) is 19.8 Å². The largest absolute Gasteiger partial charge is 0.396 e. The summed E-state index contributed by atoms with van der Waals surface area (Å²) in [6.45, 7) is 2.86. The van der Waals surface area contributed by atoms with Gasteiger partial charge in [-0.1, -0.05) is 15.9 Å². The summed E-state index contributed by atoms with van der Waals surface area (Å²) in [4.78, 5) is 25.8. The Morgan fingerprint density at radius 2 is 2.29 bits per heavy atom. The smallest absolute Gasteiger partial charge is 0.227 e. The summed E-state index contributed by atoms with van der Waals surface area (Å²) in [5.74, 6) is -0.465. The third kappa shape index (κ3) is 3.83. The van der Waals surface area contributed by atoms with Crippen LogP contribution >= 0.6 is 15.9 Å². The predicted molar refractivity (Wildman–Crippen MR) is 84.1 cm³/mol. The second-order valence-electron chi connectivity index (χ2n) is 5.21. The van der Waals surface area contributed by atoms with Crippen LogP contribution in [0.25, 0.3) is 0 Å². The van der Waals surface area contributed by atoms with E-state index in [2.05, 4.69) is 21.2 Å². The number of aryl methyl sites for hydroxylation is 1. The van der Waals surface area contributed by atoms with Gasteiger partial charge in [0, 0.05) is 36.3 Å². The van der Waals surface area contributed by atoms with Gasteiger partial charge in [0.25, 0.3) is 0 Å². The van der Waals surface area contributed by atoms with Crippen molar-refractivity contribution in [3.63, 3.8) is 0 Å². The molecule has 5 nitrogen and oxygen atoms in total. The minimum absolute atomic E-state index is 0.0287. The van der Waals surface area contributed by atoms with Crippen LogP contribution in [0.15, 0.2) is 22.7 Å². The Morgan fingerprint density at radius 1 is 1.52 bits per heavy atom. The van der Waals surface area contributed by atoms with E-state index in [1.807, 2.05) is 25.1 Å². The molecular formula is C15H19BrN2O3. The fourth-order valence-corrected chi connectivity index (χ4v) is 2.61. The van der Waals surface area contributed by atoms with E-state index in [1.165, 1.54) is 0 Å². The normalized spacial score (nSPS) is 18.1. The molecule has 1 heterocycles. The highest BCUT2D eigenvalue weighted by molar-refractivity contribution is 9.10. The van der Waals surface area contributed by atoms with Crippen molar-refractivity contribution in [1.82, 2.24) is 5.32 Å². The molecule has 1 atom stereocenters. The average molecular weight is 355 g/mol. The second kappa shape index (κ2) is 7.04. The lowest BCUT2D eigenvalue weighted by Crippen LogP contribution is -2.33. The quantitative estimate of drug-likeness (QED) is 0.789. The van der Waals surface area contributed by atoms with Crippen molar-refractivity contribution in [2.75, 3.05) is 24.6 Å². The number of nitrogens with one attached hydrogen (secondary N) is 1. The van der Waals surface area contributed by atoms with Gasteiger partial charge >= 0.3 is 0 Å². The van der Waals surface area contributed by atoms with E-state index in [9.17, 15) is 9.59 Å². The van der Waals surface area contributed by atoms with Gasteiger partial charge in [-0.3, -0.25) is 9.59 Å². The average Bonchev–Trinajstić information content (AvgIpc) is 2.84. The maximum Gasteiger partial charge on any atom is 0.227 e. The summed E-state index contributed by atoms with van der Waals surface area (Å²) < 4.78 is 0.996. The maximum absolute atomic E-state index is 12.1. The van der Waals surface area contributed by atoms with Gasteiger partial charge in [0.1, 0.15) is 0 Å². The first kappa shape index (κ1) is 16.0. The summed E-state index contributed by atoms with van der Waals surface area (Å²) in [5.41, 5.74) is 1.88. The number of halogens is 1. The third-order valence-electron chi connectivity index (χ3n) is 3.58. The molecule has 1 saturated heterocycles. The Kier molecular flexibility index (Phi) is 5.36. The van der Waals surface area contributed by atoms with Crippen LogP contribution in [0.2, 0.25) is 0 Å². The van der Waals surface area contributed by atoms with Gasteiger partial charge in [-0.25, -0.2) is 0 Å². The predicted octanol–water partition coefficient (Wildman–Crippen LogP) is 1.61. The first-order chi connectivity index (χ1) is 10.0. The monoisotopic (exact) mass is 354 g/mol. The molecule has 0 aliphatic carbocycles. The molecular weight excluding hydrogens is 336 g/mol. The Balaban J connectivity index is 2.02. The van der Waals surface area contributed by atoms with Gasteiger partial charge in [0.05, 0.1) is 5.92 Å². The summed E-state index contributed by atoms with van der Waals surface area (Å²) >= 11 is 3.44. The molecule has 2 rings (SSSR count). The van der Waals surface area contributed by atoms with Crippen molar-refractivity contribution < 1.29 is 14.7 Å². The van der Waals surface area contributed by atoms with E-state index in [4.69, 9.17) is 5.11 Å². The minimum Gasteiger partial charge on any atom is -0.396 e. The van der Waals surface area contributed by atoms with Crippen LogP contribution in [0.1, 0.15) is 18.4 Å². The van der Waals surface area contributed by atoms with Crippen LogP contribution in [-0.2, 0) is 9.59 Å². The van der Waals surface area contributed by atoms with Crippen molar-refractivity contribution in [1.29, 1.82) is 0 Å². The molecule has 0 spiro atoms. The van der Waals surface area contributed by atoms with Gasteiger partial charge in [-0.05, 0) is 37.1 Å². The highest BCUT2D eigenvalue weighted by atomic mass is 79.9. The Labute approximate surface area is 132 Å². The number of aliphatic hydroxyl groups excluding tert-OH is 1. The number of hydrogen-bond donors (Lipinski definition) is 2. The molecule has 1 aromatic carbocycles. The zero-order valence-electron chi connectivity index (χ0n) is 11.9. The van der Waals surface area contributed by atoms with Crippen LogP contribution in [0.3, 0.4) is 0 Å². The lowest BCUT2D eigenvalue weighted by molar-refractivity contribution is -0.126. The van der Waals surface area contributed by atoms with Crippen molar-refractivity contribution >= 4 is 33.4 Å². The molecule has 114 valence electrons. The molecule has 1 fully saturated rings. The SMILES string of the molecule is Cc1cc(N2CC(C(=O)NCCCO)CC2=O)ccc1Br. The number of carbonyl (C=O) groups is 2. The van der Waals surface area contributed by atoms with Crippen molar-refractivity contribution in [2.24, 2.45) is 5.92 Å². The van der Waals surface area contributed by atoms with E-state index in [0.29, 0.717) is 19.5 Å². The van der Waals surface area contributed by atoms with E-state index in [0.717, 1.165) is 15.7 Å². The summed E-state index contributed by atoms with van der Waals surface area (Å²) in [6, 6.07) is 5.72. The number of aliphatic hydroxyl groups is 1. The lowest BCUT2D eigenvalue weighted by atomic mass is 10.1. The lowest BCUT2D eigenvalue weighted by Gasteiger charge is -2.17. The highest BCUT2D eigenvalue weighted by Gasteiger charge is 2.34. The molecule has 0 saturated carbocycles. The number of nitrogens with zero attached hydrogens (tertiary/aromatic N) is 1. The van der Waals surface area contributed by atoms with Crippen LogP contribution < -0.4 is 10.2 Å². The van der Waals surface area contributed by atoms with Crippen molar-refractivity contribution in [3.8, 4) is 0 Å². The summed E-state index contributed by atoms with van der Waals surface area (Å²) in [5, 5.41) is 11.5. The third-order valence-corrected chi connectivity index (χ3v) is 4.47. The number of rotatable bonds is 5. The minimum atomic E-state index is -0.319. The van der Waals surface area contributed by atoms with E-state index < -0.39 is 0 Å². The molecule has 0 bridgehead atoms. The first-order valence-corrected chi connectivity index (χ1v) is 7.77. The Bertz CT molecular complexity index is 548. The number of anilines is 1. The first-order valence-electron chi connectivity index (χ1n) is 6.98. The number of carbonyl (C=O) groups excluding carboxylic acids is 2. The highest BCUT2D eigenvalue weighted by Crippen LogP contribution is 2.28. The molecule has 1 aliphatic rings. The van der Waals surface area contributed by atoms with Gasteiger partial charge in [-0.15, -0.1) is 0 Å². The molecule has 0 aromatic heterocycles. The summed E-state index contributed by atoms with van der Waals surface area (Å²) in [7, 11) is 0. The van der Waals surface area contributed by atoms with Crippen LogP contribution in [0.4, 0.5) is 5.69 Å². The fraction of sp³-hybridized carbons (Fsp3) is 0.467. The maximum atomic E-state index is 12.1. The fourth-order valence-electron chi connectivity index (χ4n) is 2.36. The van der Waals surface area contributed by atoms with Gasteiger partial charge in [0.2, 0.25) is 11.8 Å². The molecule has 21 heavy (non-hydrogen) atoms. The zero-order valence-corrected chi connectivity index (χ0v) is 13.5. The molecule has 0 radical (unpaired) electrons. The molecule has 6 heteroatoms. The number of benzene rings is 1. The zero-order chi connectivity index (χ0) is 15.4. The van der Waals surface area contributed by atoms with E-state index >= 15 is 0 Å². The van der Waals surface area contributed by atoms with Crippen LogP contribution in [0.5, 0.6) is 0 Å². The number of amides is 2. The molecule has 1 aliphatic heterocycles. The Morgan fingerprint density at radius 3 is 2.95 bits per heavy atom.